The van der Waals surface area contributed by atoms with E-state index >= 15 is 0 Å². The van der Waals surface area contributed by atoms with E-state index in [1.54, 1.807) is 6.33 Å². The Morgan fingerprint density at radius 3 is 2.64 bits per heavy atom. The van der Waals surface area contributed by atoms with Crippen molar-refractivity contribution in [3.8, 4) is 0 Å². The highest BCUT2D eigenvalue weighted by Gasteiger charge is 2.29. The van der Waals surface area contributed by atoms with E-state index in [0.717, 1.165) is 6.42 Å². The fraction of sp³-hybridized carbons (Fsp3) is 0.667. The summed E-state index contributed by atoms with van der Waals surface area (Å²) in [6.45, 7) is 8.95. The zero-order valence-corrected chi connectivity index (χ0v) is 9.46. The Morgan fingerprint density at radius 1 is 1.29 bits per heavy atom. The van der Waals surface area contributed by atoms with Gasteiger partial charge in [0.05, 0.1) is 5.69 Å². The lowest BCUT2D eigenvalue weighted by Gasteiger charge is -2.22. The summed E-state index contributed by atoms with van der Waals surface area (Å²) in [5.74, 6) is 0.639. The molecule has 2 heteroatoms. The summed E-state index contributed by atoms with van der Waals surface area (Å²) >= 11 is 0. The van der Waals surface area contributed by atoms with Crippen LogP contribution >= 0.6 is 0 Å². The first-order valence-electron chi connectivity index (χ1n) is 5.34. The van der Waals surface area contributed by atoms with Crippen LogP contribution in [0.5, 0.6) is 0 Å². The van der Waals surface area contributed by atoms with Gasteiger partial charge >= 0.3 is 0 Å². The third-order valence-corrected chi connectivity index (χ3v) is 2.98. The van der Waals surface area contributed by atoms with E-state index < -0.39 is 0 Å². The van der Waals surface area contributed by atoms with Gasteiger partial charge < -0.3 is 0 Å². The fourth-order valence-electron chi connectivity index (χ4n) is 2.24. The Kier molecular flexibility index (Phi) is 2.09. The van der Waals surface area contributed by atoms with E-state index in [1.807, 2.05) is 0 Å². The lowest BCUT2D eigenvalue weighted by molar-refractivity contribution is 0.552. The molecule has 1 atom stereocenters. The summed E-state index contributed by atoms with van der Waals surface area (Å²) < 4.78 is 0. The van der Waals surface area contributed by atoms with E-state index in [-0.39, 0.29) is 5.41 Å². The topological polar surface area (TPSA) is 25.8 Å². The van der Waals surface area contributed by atoms with Crippen LogP contribution in [0.3, 0.4) is 0 Å². The van der Waals surface area contributed by atoms with E-state index in [4.69, 9.17) is 0 Å². The SMILES string of the molecule is CC1CCc2ncnc(C(C)(C)C)c21. The van der Waals surface area contributed by atoms with Crippen molar-refractivity contribution in [3.05, 3.63) is 23.3 Å². The van der Waals surface area contributed by atoms with Crippen LogP contribution in [-0.2, 0) is 11.8 Å². The maximum atomic E-state index is 4.46. The van der Waals surface area contributed by atoms with Gasteiger partial charge in [-0.15, -0.1) is 0 Å². The minimum absolute atomic E-state index is 0.144. The monoisotopic (exact) mass is 190 g/mol. The molecule has 1 aliphatic rings. The van der Waals surface area contributed by atoms with E-state index in [1.165, 1.54) is 23.4 Å². The van der Waals surface area contributed by atoms with Gasteiger partial charge in [0, 0.05) is 11.1 Å². The van der Waals surface area contributed by atoms with Crippen molar-refractivity contribution in [2.45, 2.75) is 51.9 Å². The van der Waals surface area contributed by atoms with Gasteiger partial charge in [0.25, 0.3) is 0 Å². The fourth-order valence-corrected chi connectivity index (χ4v) is 2.24. The third-order valence-electron chi connectivity index (χ3n) is 2.98. The molecule has 2 nitrogen and oxygen atoms in total. The second kappa shape index (κ2) is 3.04. The summed E-state index contributed by atoms with van der Waals surface area (Å²) in [6, 6.07) is 0. The molecule has 1 aliphatic carbocycles. The Hall–Kier alpha value is -0.920. The molecule has 0 fully saturated rings. The summed E-state index contributed by atoms with van der Waals surface area (Å²) in [6.07, 6.45) is 4.08. The number of fused-ring (bicyclic) bond motifs is 1. The van der Waals surface area contributed by atoms with Crippen LogP contribution in [0.25, 0.3) is 0 Å². The molecule has 0 saturated carbocycles. The van der Waals surface area contributed by atoms with Crippen molar-refractivity contribution in [2.24, 2.45) is 0 Å². The summed E-state index contributed by atoms with van der Waals surface area (Å²) in [4.78, 5) is 8.83. The van der Waals surface area contributed by atoms with Crippen molar-refractivity contribution in [1.82, 2.24) is 9.97 Å². The maximum Gasteiger partial charge on any atom is 0.115 e. The summed E-state index contributed by atoms with van der Waals surface area (Å²) in [5.41, 5.74) is 4.08. The largest absolute Gasteiger partial charge is 0.241 e. The van der Waals surface area contributed by atoms with Crippen molar-refractivity contribution in [2.75, 3.05) is 0 Å². The first-order chi connectivity index (χ1) is 6.50. The number of nitrogens with zero attached hydrogens (tertiary/aromatic N) is 2. The molecule has 1 aromatic heterocycles. The average Bonchev–Trinajstić information content (AvgIpc) is 2.46. The van der Waals surface area contributed by atoms with Crippen LogP contribution < -0.4 is 0 Å². The molecule has 1 heterocycles. The first-order valence-corrected chi connectivity index (χ1v) is 5.34. The Balaban J connectivity index is 2.58. The normalized spacial score (nSPS) is 21.0. The number of hydrogen-bond donors (Lipinski definition) is 0. The van der Waals surface area contributed by atoms with Gasteiger partial charge in [-0.05, 0) is 24.3 Å². The summed E-state index contributed by atoms with van der Waals surface area (Å²) in [5, 5.41) is 0. The highest BCUT2D eigenvalue weighted by atomic mass is 14.9. The molecule has 0 aromatic carbocycles. The van der Waals surface area contributed by atoms with Gasteiger partial charge in [-0.25, -0.2) is 9.97 Å². The van der Waals surface area contributed by atoms with Crippen LogP contribution in [0.4, 0.5) is 0 Å². The van der Waals surface area contributed by atoms with Gasteiger partial charge in [0.2, 0.25) is 0 Å². The standard InChI is InChI=1S/C12H18N2/c1-8-5-6-9-10(8)11(12(2,3)4)14-7-13-9/h7-8H,5-6H2,1-4H3. The van der Waals surface area contributed by atoms with Crippen LogP contribution in [0, 0.1) is 0 Å². The smallest absolute Gasteiger partial charge is 0.115 e. The average molecular weight is 190 g/mol. The van der Waals surface area contributed by atoms with Gasteiger partial charge in [0.15, 0.2) is 0 Å². The Morgan fingerprint density at radius 2 is 2.00 bits per heavy atom. The predicted molar refractivity (Wildman–Crippen MR) is 57.5 cm³/mol. The second-order valence-corrected chi connectivity index (χ2v) is 5.27. The molecule has 14 heavy (non-hydrogen) atoms. The Bertz CT molecular complexity index is 350. The molecule has 0 spiro atoms. The molecule has 1 aromatic rings. The molecule has 0 amide bonds. The quantitative estimate of drug-likeness (QED) is 0.628. The molecule has 1 unspecified atom stereocenters. The third kappa shape index (κ3) is 1.43. The van der Waals surface area contributed by atoms with Crippen molar-refractivity contribution >= 4 is 0 Å². The van der Waals surface area contributed by atoms with Gasteiger partial charge in [-0.3, -0.25) is 0 Å². The van der Waals surface area contributed by atoms with E-state index in [2.05, 4.69) is 37.7 Å². The molecular weight excluding hydrogens is 172 g/mol. The lowest BCUT2D eigenvalue weighted by Crippen LogP contribution is -2.17. The van der Waals surface area contributed by atoms with Gasteiger partial charge in [0.1, 0.15) is 6.33 Å². The molecule has 0 aliphatic heterocycles. The Labute approximate surface area is 85.8 Å². The van der Waals surface area contributed by atoms with Crippen molar-refractivity contribution < 1.29 is 0 Å². The molecule has 2 rings (SSSR count). The highest BCUT2D eigenvalue weighted by Crippen LogP contribution is 2.37. The minimum Gasteiger partial charge on any atom is -0.241 e. The molecule has 0 radical (unpaired) electrons. The van der Waals surface area contributed by atoms with Crippen molar-refractivity contribution in [3.63, 3.8) is 0 Å². The predicted octanol–water partition coefficient (Wildman–Crippen LogP) is 2.82. The zero-order valence-electron chi connectivity index (χ0n) is 9.46. The summed E-state index contributed by atoms with van der Waals surface area (Å²) in [7, 11) is 0. The highest BCUT2D eigenvalue weighted by molar-refractivity contribution is 5.36. The van der Waals surface area contributed by atoms with Gasteiger partial charge in [-0.1, -0.05) is 27.7 Å². The van der Waals surface area contributed by atoms with Gasteiger partial charge in [-0.2, -0.15) is 0 Å². The first kappa shape index (κ1) is 9.63. The minimum atomic E-state index is 0.144. The number of aryl methyl sites for hydroxylation is 1. The molecule has 0 N–H and O–H groups in total. The number of hydrogen-bond acceptors (Lipinski definition) is 2. The molecule has 0 bridgehead atoms. The second-order valence-electron chi connectivity index (χ2n) is 5.27. The molecular formula is C12H18N2. The van der Waals surface area contributed by atoms with Crippen LogP contribution in [0.15, 0.2) is 6.33 Å². The van der Waals surface area contributed by atoms with Crippen LogP contribution in [0.1, 0.15) is 57.0 Å². The van der Waals surface area contributed by atoms with Crippen LogP contribution in [-0.4, -0.2) is 9.97 Å². The number of aromatic nitrogens is 2. The number of rotatable bonds is 0. The zero-order chi connectivity index (χ0) is 10.3. The molecule has 76 valence electrons. The van der Waals surface area contributed by atoms with Crippen LogP contribution in [0.2, 0.25) is 0 Å². The maximum absolute atomic E-state index is 4.46. The molecule has 0 saturated heterocycles. The van der Waals surface area contributed by atoms with E-state index in [9.17, 15) is 0 Å². The van der Waals surface area contributed by atoms with Crippen molar-refractivity contribution in [1.29, 1.82) is 0 Å². The lowest BCUT2D eigenvalue weighted by atomic mass is 9.86. The van der Waals surface area contributed by atoms with E-state index in [0.29, 0.717) is 5.92 Å².